The minimum atomic E-state index is -0.295. The highest BCUT2D eigenvalue weighted by atomic mass is 32.2. The highest BCUT2D eigenvalue weighted by Crippen LogP contribution is 2.33. The van der Waals surface area contributed by atoms with E-state index in [1.165, 1.54) is 34.9 Å². The number of carbonyl (C=O) groups is 2. The summed E-state index contributed by atoms with van der Waals surface area (Å²) in [6.45, 7) is 1.84. The molecule has 2 heterocycles. The standard InChI is InChI=1S/C14H13N3O3S3/c1-7(22-14-17-16-13(21-2)23-14)12(19)8-3-4-10-9(5-8)15-11(18)6-20-10/h3-5,7H,6H2,1-2H3,(H,15,18). The molecular weight excluding hydrogens is 354 g/mol. The first-order valence-electron chi connectivity index (χ1n) is 6.72. The monoisotopic (exact) mass is 367 g/mol. The highest BCUT2D eigenvalue weighted by molar-refractivity contribution is 8.03. The smallest absolute Gasteiger partial charge is 0.262 e. The van der Waals surface area contributed by atoms with Crippen molar-refractivity contribution in [1.29, 1.82) is 0 Å². The van der Waals surface area contributed by atoms with Gasteiger partial charge >= 0.3 is 0 Å². The maximum atomic E-state index is 12.6. The average Bonchev–Trinajstić information content (AvgIpc) is 3.01. The second-order valence-electron chi connectivity index (χ2n) is 4.71. The Morgan fingerprint density at radius 3 is 2.91 bits per heavy atom. The van der Waals surface area contributed by atoms with Gasteiger partial charge in [0.15, 0.2) is 21.1 Å². The van der Waals surface area contributed by atoms with Crippen LogP contribution in [0.25, 0.3) is 0 Å². The Balaban J connectivity index is 1.74. The second-order valence-corrected chi connectivity index (χ2v) is 8.33. The van der Waals surface area contributed by atoms with Gasteiger partial charge in [-0.2, -0.15) is 0 Å². The molecule has 0 saturated heterocycles. The van der Waals surface area contributed by atoms with Gasteiger partial charge in [0.1, 0.15) is 5.75 Å². The molecule has 3 rings (SSSR count). The molecule has 1 aromatic carbocycles. The van der Waals surface area contributed by atoms with Gasteiger partial charge in [-0.05, 0) is 31.4 Å². The van der Waals surface area contributed by atoms with Gasteiger partial charge in [0.05, 0.1) is 10.9 Å². The zero-order chi connectivity index (χ0) is 16.4. The Kier molecular flexibility index (Phi) is 4.88. The number of carbonyl (C=O) groups excluding carboxylic acids is 2. The molecule has 1 unspecified atom stereocenters. The maximum Gasteiger partial charge on any atom is 0.262 e. The van der Waals surface area contributed by atoms with E-state index in [0.717, 1.165) is 8.68 Å². The van der Waals surface area contributed by atoms with E-state index in [4.69, 9.17) is 4.74 Å². The van der Waals surface area contributed by atoms with Gasteiger partial charge in [0, 0.05) is 5.56 Å². The van der Waals surface area contributed by atoms with Crippen molar-refractivity contribution >= 4 is 52.2 Å². The Morgan fingerprint density at radius 1 is 1.39 bits per heavy atom. The normalized spacial score (nSPS) is 14.6. The van der Waals surface area contributed by atoms with E-state index in [9.17, 15) is 9.59 Å². The molecule has 0 spiro atoms. The quantitative estimate of drug-likeness (QED) is 0.643. The number of anilines is 1. The van der Waals surface area contributed by atoms with Crippen molar-refractivity contribution in [1.82, 2.24) is 10.2 Å². The van der Waals surface area contributed by atoms with Crippen molar-refractivity contribution in [2.75, 3.05) is 18.2 Å². The number of hydrogen-bond donors (Lipinski definition) is 1. The van der Waals surface area contributed by atoms with E-state index in [1.807, 2.05) is 13.2 Å². The molecule has 1 atom stereocenters. The molecule has 1 aliphatic rings. The molecule has 1 aliphatic heterocycles. The largest absolute Gasteiger partial charge is 0.482 e. The molecule has 1 aromatic heterocycles. The summed E-state index contributed by atoms with van der Waals surface area (Å²) in [6, 6.07) is 5.07. The minimum absolute atomic E-state index is 0.00136. The SMILES string of the molecule is CSc1nnc(SC(C)C(=O)c2ccc3c(c2)NC(=O)CO3)s1. The van der Waals surface area contributed by atoms with Crippen LogP contribution in [-0.2, 0) is 4.79 Å². The molecule has 1 amide bonds. The number of aromatic nitrogens is 2. The number of ether oxygens (including phenoxy) is 1. The fourth-order valence-electron chi connectivity index (χ4n) is 2.00. The summed E-state index contributed by atoms with van der Waals surface area (Å²) in [5.74, 6) is 0.330. The minimum Gasteiger partial charge on any atom is -0.482 e. The summed E-state index contributed by atoms with van der Waals surface area (Å²) in [5, 5.41) is 10.5. The van der Waals surface area contributed by atoms with Gasteiger partial charge in [-0.15, -0.1) is 10.2 Å². The van der Waals surface area contributed by atoms with Gasteiger partial charge < -0.3 is 10.1 Å². The van der Waals surface area contributed by atoms with E-state index >= 15 is 0 Å². The zero-order valence-corrected chi connectivity index (χ0v) is 14.8. The van der Waals surface area contributed by atoms with Crippen molar-refractivity contribution in [2.45, 2.75) is 20.9 Å². The number of benzene rings is 1. The first kappa shape index (κ1) is 16.3. The lowest BCUT2D eigenvalue weighted by Gasteiger charge is -2.18. The maximum absolute atomic E-state index is 12.6. The third-order valence-electron chi connectivity index (χ3n) is 3.11. The fourth-order valence-corrected chi connectivity index (χ4v) is 4.66. The molecule has 0 fully saturated rings. The Morgan fingerprint density at radius 2 is 2.17 bits per heavy atom. The first-order valence-corrected chi connectivity index (χ1v) is 9.64. The number of nitrogens with one attached hydrogen (secondary N) is 1. The summed E-state index contributed by atoms with van der Waals surface area (Å²) < 4.78 is 6.94. The number of ketones is 1. The van der Waals surface area contributed by atoms with Crippen molar-refractivity contribution in [3.63, 3.8) is 0 Å². The van der Waals surface area contributed by atoms with Crippen LogP contribution < -0.4 is 10.1 Å². The van der Waals surface area contributed by atoms with E-state index in [1.54, 1.807) is 18.2 Å². The molecule has 23 heavy (non-hydrogen) atoms. The van der Waals surface area contributed by atoms with Crippen LogP contribution in [0.3, 0.4) is 0 Å². The summed E-state index contributed by atoms with van der Waals surface area (Å²) in [5.41, 5.74) is 1.06. The van der Waals surface area contributed by atoms with Gasteiger partial charge in [0.25, 0.3) is 5.91 Å². The van der Waals surface area contributed by atoms with Crippen LogP contribution in [0, 0.1) is 0 Å². The van der Waals surface area contributed by atoms with Crippen molar-refractivity contribution in [3.05, 3.63) is 23.8 Å². The van der Waals surface area contributed by atoms with E-state index in [0.29, 0.717) is 17.0 Å². The van der Waals surface area contributed by atoms with Crippen LogP contribution in [0.4, 0.5) is 5.69 Å². The number of nitrogens with zero attached hydrogens (tertiary/aromatic N) is 2. The molecule has 0 aliphatic carbocycles. The number of Topliss-reactive ketones (excluding diaryl/α,β-unsaturated/α-hetero) is 1. The predicted octanol–water partition coefficient (Wildman–Crippen LogP) is 2.95. The average molecular weight is 367 g/mol. The van der Waals surface area contributed by atoms with Crippen molar-refractivity contribution in [3.8, 4) is 5.75 Å². The van der Waals surface area contributed by atoms with Crippen LogP contribution in [0.1, 0.15) is 17.3 Å². The third kappa shape index (κ3) is 3.67. The fraction of sp³-hybridized carbons (Fsp3) is 0.286. The Bertz CT molecular complexity index is 763. The molecule has 9 heteroatoms. The van der Waals surface area contributed by atoms with E-state index in [2.05, 4.69) is 15.5 Å². The summed E-state index contributed by atoms with van der Waals surface area (Å²) >= 11 is 4.39. The molecule has 0 saturated carbocycles. The molecule has 0 bridgehead atoms. The molecule has 1 N–H and O–H groups in total. The zero-order valence-electron chi connectivity index (χ0n) is 12.4. The molecule has 6 nitrogen and oxygen atoms in total. The van der Waals surface area contributed by atoms with E-state index < -0.39 is 0 Å². The summed E-state index contributed by atoms with van der Waals surface area (Å²) in [7, 11) is 0. The predicted molar refractivity (Wildman–Crippen MR) is 91.9 cm³/mol. The van der Waals surface area contributed by atoms with Gasteiger partial charge in [0.2, 0.25) is 0 Å². The molecular formula is C14H13N3O3S3. The molecule has 120 valence electrons. The topological polar surface area (TPSA) is 81.2 Å². The third-order valence-corrected chi connectivity index (χ3v) is 6.19. The van der Waals surface area contributed by atoms with Gasteiger partial charge in [-0.25, -0.2) is 0 Å². The van der Waals surface area contributed by atoms with Crippen molar-refractivity contribution in [2.24, 2.45) is 0 Å². The molecule has 2 aromatic rings. The second kappa shape index (κ2) is 6.90. The van der Waals surface area contributed by atoms with Crippen LogP contribution >= 0.6 is 34.9 Å². The Labute approximate surface area is 145 Å². The summed E-state index contributed by atoms with van der Waals surface area (Å²) in [4.78, 5) is 23.9. The van der Waals surface area contributed by atoms with Crippen LogP contribution in [0.15, 0.2) is 26.9 Å². The number of rotatable bonds is 5. The van der Waals surface area contributed by atoms with Crippen LogP contribution in [-0.4, -0.2) is 40.0 Å². The lowest BCUT2D eigenvalue weighted by molar-refractivity contribution is -0.118. The molecule has 0 radical (unpaired) electrons. The summed E-state index contributed by atoms with van der Waals surface area (Å²) in [6.07, 6.45) is 1.94. The van der Waals surface area contributed by atoms with E-state index in [-0.39, 0.29) is 23.5 Å². The van der Waals surface area contributed by atoms with Crippen molar-refractivity contribution < 1.29 is 14.3 Å². The Hall–Kier alpha value is -1.58. The number of hydrogen-bond acceptors (Lipinski definition) is 8. The van der Waals surface area contributed by atoms with Crippen LogP contribution in [0.2, 0.25) is 0 Å². The van der Waals surface area contributed by atoms with Gasteiger partial charge in [-0.3, -0.25) is 9.59 Å². The number of amides is 1. The van der Waals surface area contributed by atoms with Crippen LogP contribution in [0.5, 0.6) is 5.75 Å². The highest BCUT2D eigenvalue weighted by Gasteiger charge is 2.22. The first-order chi connectivity index (χ1) is 11.1. The lowest BCUT2D eigenvalue weighted by Crippen LogP contribution is -2.25. The van der Waals surface area contributed by atoms with Gasteiger partial charge in [-0.1, -0.05) is 34.9 Å². The lowest BCUT2D eigenvalue weighted by atomic mass is 10.1. The number of fused-ring (bicyclic) bond motifs is 1. The number of thioether (sulfide) groups is 2.